The van der Waals surface area contributed by atoms with E-state index in [0.717, 1.165) is 19.5 Å². The molecule has 1 N–H and O–H groups in total. The SMILES string of the molecule is COC(=O)c1ccc(C(=O)NC2CCN(C)C2)nc1. The first-order chi connectivity index (χ1) is 9.10. The van der Waals surface area contributed by atoms with Crippen molar-refractivity contribution < 1.29 is 14.3 Å². The van der Waals surface area contributed by atoms with Gasteiger partial charge in [-0.1, -0.05) is 0 Å². The van der Waals surface area contributed by atoms with Crippen LogP contribution in [0.4, 0.5) is 0 Å². The number of nitrogens with zero attached hydrogens (tertiary/aromatic N) is 2. The zero-order valence-corrected chi connectivity index (χ0v) is 11.0. The molecule has 6 nitrogen and oxygen atoms in total. The van der Waals surface area contributed by atoms with Crippen molar-refractivity contribution in [1.29, 1.82) is 0 Å². The van der Waals surface area contributed by atoms with Crippen molar-refractivity contribution in [2.75, 3.05) is 27.2 Å². The number of esters is 1. The minimum atomic E-state index is -0.461. The van der Waals surface area contributed by atoms with E-state index >= 15 is 0 Å². The van der Waals surface area contributed by atoms with Gasteiger partial charge in [-0.3, -0.25) is 9.78 Å². The molecule has 0 aliphatic carbocycles. The fourth-order valence-corrected chi connectivity index (χ4v) is 2.08. The minimum absolute atomic E-state index is 0.166. The van der Waals surface area contributed by atoms with E-state index in [1.807, 2.05) is 7.05 Å². The van der Waals surface area contributed by atoms with Gasteiger partial charge < -0.3 is 15.0 Å². The molecule has 0 saturated carbocycles. The smallest absolute Gasteiger partial charge is 0.339 e. The van der Waals surface area contributed by atoms with Gasteiger partial charge in [0.25, 0.3) is 5.91 Å². The second kappa shape index (κ2) is 5.79. The molecule has 0 aromatic carbocycles. The number of carbonyl (C=O) groups excluding carboxylic acids is 2. The Balaban J connectivity index is 1.97. The normalized spacial score (nSPS) is 19.2. The summed E-state index contributed by atoms with van der Waals surface area (Å²) in [6.45, 7) is 1.84. The Morgan fingerprint density at radius 2 is 2.26 bits per heavy atom. The molecule has 0 spiro atoms. The average Bonchev–Trinajstić information content (AvgIpc) is 2.83. The van der Waals surface area contributed by atoms with E-state index in [1.165, 1.54) is 25.4 Å². The number of methoxy groups -OCH3 is 1. The van der Waals surface area contributed by atoms with Crippen LogP contribution in [0.2, 0.25) is 0 Å². The lowest BCUT2D eigenvalue weighted by molar-refractivity contribution is 0.0599. The molecule has 102 valence electrons. The molecule has 1 aromatic rings. The van der Waals surface area contributed by atoms with Gasteiger partial charge >= 0.3 is 5.97 Å². The number of likely N-dealkylation sites (tertiary alicyclic amines) is 1. The molecule has 1 fully saturated rings. The quantitative estimate of drug-likeness (QED) is 0.794. The van der Waals surface area contributed by atoms with Crippen molar-refractivity contribution in [3.05, 3.63) is 29.6 Å². The van der Waals surface area contributed by atoms with Crippen LogP contribution in [0.15, 0.2) is 18.3 Å². The van der Waals surface area contributed by atoms with Crippen LogP contribution in [0.5, 0.6) is 0 Å². The molecule has 1 saturated heterocycles. The van der Waals surface area contributed by atoms with Crippen LogP contribution in [0, 0.1) is 0 Å². The molecule has 2 heterocycles. The first-order valence-corrected chi connectivity index (χ1v) is 6.14. The summed E-state index contributed by atoms with van der Waals surface area (Å²) in [5.74, 6) is -0.673. The van der Waals surface area contributed by atoms with Crippen LogP contribution >= 0.6 is 0 Å². The summed E-state index contributed by atoms with van der Waals surface area (Å²) < 4.78 is 4.57. The van der Waals surface area contributed by atoms with Crippen molar-refractivity contribution >= 4 is 11.9 Å². The molecular weight excluding hydrogens is 246 g/mol. The van der Waals surface area contributed by atoms with Gasteiger partial charge in [0.05, 0.1) is 12.7 Å². The van der Waals surface area contributed by atoms with E-state index < -0.39 is 5.97 Å². The maximum absolute atomic E-state index is 11.9. The molecule has 1 aliphatic rings. The second-order valence-corrected chi connectivity index (χ2v) is 4.64. The van der Waals surface area contributed by atoms with E-state index in [1.54, 1.807) is 0 Å². The standard InChI is InChI=1S/C13H17N3O3/c1-16-6-5-10(8-16)15-12(17)11-4-3-9(7-14-11)13(18)19-2/h3-4,7,10H,5-6,8H2,1-2H3,(H,15,17). The third-order valence-corrected chi connectivity index (χ3v) is 3.14. The predicted octanol–water partition coefficient (Wildman–Crippen LogP) is 0.302. The number of ether oxygens (including phenoxy) is 1. The van der Waals surface area contributed by atoms with Crippen LogP contribution in [0.3, 0.4) is 0 Å². The molecule has 1 amide bonds. The lowest BCUT2D eigenvalue weighted by atomic mass is 10.2. The molecule has 6 heteroatoms. The van der Waals surface area contributed by atoms with Crippen molar-refractivity contribution in [2.24, 2.45) is 0 Å². The molecule has 2 rings (SSSR count). The molecular formula is C13H17N3O3. The number of rotatable bonds is 3. The molecule has 1 aliphatic heterocycles. The molecule has 1 unspecified atom stereocenters. The third-order valence-electron chi connectivity index (χ3n) is 3.14. The lowest BCUT2D eigenvalue weighted by Crippen LogP contribution is -2.36. The minimum Gasteiger partial charge on any atom is -0.465 e. The number of likely N-dealkylation sites (N-methyl/N-ethyl adjacent to an activating group) is 1. The summed E-state index contributed by atoms with van der Waals surface area (Å²) in [7, 11) is 3.33. The lowest BCUT2D eigenvalue weighted by Gasteiger charge is -2.12. The van der Waals surface area contributed by atoms with Gasteiger partial charge in [-0.25, -0.2) is 4.79 Å². The van der Waals surface area contributed by atoms with Gasteiger partial charge in [0.1, 0.15) is 5.69 Å². The zero-order valence-electron chi connectivity index (χ0n) is 11.0. The van der Waals surface area contributed by atoms with Crippen LogP contribution in [-0.4, -0.2) is 55.0 Å². The maximum atomic E-state index is 11.9. The Morgan fingerprint density at radius 3 is 2.79 bits per heavy atom. The molecule has 0 bridgehead atoms. The number of aromatic nitrogens is 1. The van der Waals surface area contributed by atoms with Gasteiger partial charge in [0, 0.05) is 18.8 Å². The van der Waals surface area contributed by atoms with Gasteiger partial charge in [0.15, 0.2) is 0 Å². The number of carbonyl (C=O) groups is 2. The number of nitrogens with one attached hydrogen (secondary N) is 1. The second-order valence-electron chi connectivity index (χ2n) is 4.64. The van der Waals surface area contributed by atoms with E-state index in [4.69, 9.17) is 0 Å². The number of hydrogen-bond donors (Lipinski definition) is 1. The first kappa shape index (κ1) is 13.5. The Hall–Kier alpha value is -1.95. The maximum Gasteiger partial charge on any atom is 0.339 e. The summed E-state index contributed by atoms with van der Waals surface area (Å²) in [5, 5.41) is 2.93. The highest BCUT2D eigenvalue weighted by molar-refractivity contribution is 5.94. The zero-order chi connectivity index (χ0) is 13.8. The summed E-state index contributed by atoms with van der Waals surface area (Å²) in [6.07, 6.45) is 2.30. The van der Waals surface area contributed by atoms with Crippen LogP contribution in [0.25, 0.3) is 0 Å². The highest BCUT2D eigenvalue weighted by Gasteiger charge is 2.22. The van der Waals surface area contributed by atoms with E-state index in [2.05, 4.69) is 19.9 Å². The van der Waals surface area contributed by atoms with Crippen molar-refractivity contribution in [1.82, 2.24) is 15.2 Å². The fraction of sp³-hybridized carbons (Fsp3) is 0.462. The highest BCUT2D eigenvalue weighted by atomic mass is 16.5. The Morgan fingerprint density at radius 1 is 1.47 bits per heavy atom. The van der Waals surface area contributed by atoms with Crippen molar-refractivity contribution in [3.63, 3.8) is 0 Å². The van der Waals surface area contributed by atoms with Gasteiger partial charge in [-0.2, -0.15) is 0 Å². The van der Waals surface area contributed by atoms with Crippen molar-refractivity contribution in [2.45, 2.75) is 12.5 Å². The molecule has 1 atom stereocenters. The fourth-order valence-electron chi connectivity index (χ4n) is 2.08. The Kier molecular flexibility index (Phi) is 4.11. The summed E-state index contributed by atoms with van der Waals surface area (Å²) in [4.78, 5) is 29.3. The molecule has 0 radical (unpaired) electrons. The van der Waals surface area contributed by atoms with Crippen molar-refractivity contribution in [3.8, 4) is 0 Å². The highest BCUT2D eigenvalue weighted by Crippen LogP contribution is 2.08. The third kappa shape index (κ3) is 3.29. The van der Waals surface area contributed by atoms with Crippen LogP contribution in [-0.2, 0) is 4.74 Å². The number of pyridine rings is 1. The first-order valence-electron chi connectivity index (χ1n) is 6.14. The van der Waals surface area contributed by atoms with E-state index in [0.29, 0.717) is 11.3 Å². The van der Waals surface area contributed by atoms with Gasteiger partial charge in [-0.15, -0.1) is 0 Å². The van der Waals surface area contributed by atoms with Crippen LogP contribution < -0.4 is 5.32 Å². The van der Waals surface area contributed by atoms with E-state index in [-0.39, 0.29) is 11.9 Å². The molecule has 19 heavy (non-hydrogen) atoms. The number of hydrogen-bond acceptors (Lipinski definition) is 5. The summed E-state index contributed by atoms with van der Waals surface area (Å²) >= 11 is 0. The predicted molar refractivity (Wildman–Crippen MR) is 68.9 cm³/mol. The van der Waals surface area contributed by atoms with Crippen LogP contribution in [0.1, 0.15) is 27.3 Å². The largest absolute Gasteiger partial charge is 0.465 e. The average molecular weight is 263 g/mol. The van der Waals surface area contributed by atoms with Gasteiger partial charge in [0.2, 0.25) is 0 Å². The topological polar surface area (TPSA) is 71.5 Å². The summed E-state index contributed by atoms with van der Waals surface area (Å²) in [6, 6.07) is 3.23. The number of amides is 1. The van der Waals surface area contributed by atoms with Gasteiger partial charge in [-0.05, 0) is 32.1 Å². The Bertz CT molecular complexity index is 473. The van der Waals surface area contributed by atoms with E-state index in [9.17, 15) is 9.59 Å². The monoisotopic (exact) mass is 263 g/mol. The summed E-state index contributed by atoms with van der Waals surface area (Å²) in [5.41, 5.74) is 0.641. The Labute approximate surface area is 111 Å². The molecule has 1 aromatic heterocycles.